The summed E-state index contributed by atoms with van der Waals surface area (Å²) >= 11 is 0. The number of nitrogens with zero attached hydrogens (tertiary/aromatic N) is 2. The molecule has 12 aromatic rings. The number of fused-ring (bicyclic) bond motifs is 5. The maximum Gasteiger partial charge on any atom is 0.0547 e. The van der Waals surface area contributed by atoms with Gasteiger partial charge < -0.3 is 9.47 Å². The van der Waals surface area contributed by atoms with E-state index in [1.165, 1.54) is 82.3 Å². The minimum Gasteiger partial charge on any atom is -0.310 e. The standard InChI is InChI=1S/C62H42N2/c1-2-14-43(15-3-1)44-30-36-52(37-31-44)64-60-28-9-8-24-59(60)62-58(27-13-29-61(62)64)49-20-10-21-53(42-49)63(50-38-32-47(33-39-50)56-25-11-18-45-16-4-6-22-54(45)56)51-40-34-48(35-41-51)57-26-12-19-46-17-5-7-23-55(46)57/h1-42H. The highest BCUT2D eigenvalue weighted by atomic mass is 15.1. The number of benzene rings is 11. The highest BCUT2D eigenvalue weighted by Crippen LogP contribution is 2.43. The van der Waals surface area contributed by atoms with Crippen LogP contribution in [0.1, 0.15) is 0 Å². The predicted octanol–water partition coefficient (Wildman–Crippen LogP) is 17.2. The molecule has 0 saturated carbocycles. The Morgan fingerprint density at radius 3 is 1.36 bits per heavy atom. The number of anilines is 3. The van der Waals surface area contributed by atoms with Crippen molar-refractivity contribution in [1.29, 1.82) is 0 Å². The third-order valence-corrected chi connectivity index (χ3v) is 12.8. The molecule has 0 aliphatic carbocycles. The first-order chi connectivity index (χ1) is 31.7. The number of rotatable bonds is 8. The second-order valence-electron chi connectivity index (χ2n) is 16.5. The van der Waals surface area contributed by atoms with Gasteiger partial charge in [0, 0.05) is 33.5 Å². The maximum absolute atomic E-state index is 2.41. The Hall–Kier alpha value is -8.46. The highest BCUT2D eigenvalue weighted by Gasteiger charge is 2.19. The number of hydrogen-bond acceptors (Lipinski definition) is 1. The van der Waals surface area contributed by atoms with Crippen molar-refractivity contribution in [2.45, 2.75) is 0 Å². The molecule has 11 aromatic carbocycles. The van der Waals surface area contributed by atoms with Gasteiger partial charge in [0.05, 0.1) is 11.0 Å². The number of aromatic nitrogens is 1. The number of hydrogen-bond donors (Lipinski definition) is 0. The van der Waals surface area contributed by atoms with Gasteiger partial charge in [-0.25, -0.2) is 0 Å². The van der Waals surface area contributed by atoms with E-state index in [1.807, 2.05) is 0 Å². The Bertz CT molecular complexity index is 3500. The third kappa shape index (κ3) is 6.52. The van der Waals surface area contributed by atoms with Crippen molar-refractivity contribution < 1.29 is 0 Å². The third-order valence-electron chi connectivity index (χ3n) is 12.8. The zero-order valence-electron chi connectivity index (χ0n) is 35.1. The van der Waals surface area contributed by atoms with E-state index in [4.69, 9.17) is 0 Å². The van der Waals surface area contributed by atoms with Crippen LogP contribution in [-0.2, 0) is 0 Å². The van der Waals surface area contributed by atoms with E-state index < -0.39 is 0 Å². The highest BCUT2D eigenvalue weighted by molar-refractivity contribution is 6.16. The molecule has 0 bridgehead atoms. The van der Waals surface area contributed by atoms with Crippen molar-refractivity contribution in [1.82, 2.24) is 4.57 Å². The van der Waals surface area contributed by atoms with Crippen molar-refractivity contribution in [3.8, 4) is 50.2 Å². The van der Waals surface area contributed by atoms with E-state index >= 15 is 0 Å². The van der Waals surface area contributed by atoms with Crippen LogP contribution in [0.3, 0.4) is 0 Å². The van der Waals surface area contributed by atoms with Gasteiger partial charge in [-0.2, -0.15) is 0 Å². The minimum atomic E-state index is 1.09. The molecular weight excluding hydrogens is 773 g/mol. The Labute approximate surface area is 373 Å². The largest absolute Gasteiger partial charge is 0.310 e. The first-order valence-electron chi connectivity index (χ1n) is 22.0. The molecule has 0 aliphatic rings. The van der Waals surface area contributed by atoms with Crippen molar-refractivity contribution >= 4 is 60.4 Å². The summed E-state index contributed by atoms with van der Waals surface area (Å²) in [6.07, 6.45) is 0. The summed E-state index contributed by atoms with van der Waals surface area (Å²) in [5.41, 5.74) is 16.4. The molecule has 0 radical (unpaired) electrons. The van der Waals surface area contributed by atoms with Crippen LogP contribution in [0.25, 0.3) is 93.5 Å². The Morgan fingerprint density at radius 2 is 0.719 bits per heavy atom. The van der Waals surface area contributed by atoms with Crippen LogP contribution >= 0.6 is 0 Å². The summed E-state index contributed by atoms with van der Waals surface area (Å²) in [5.74, 6) is 0. The second kappa shape index (κ2) is 15.8. The van der Waals surface area contributed by atoms with Crippen LogP contribution in [0.2, 0.25) is 0 Å². The fraction of sp³-hybridized carbons (Fsp3) is 0. The molecule has 300 valence electrons. The van der Waals surface area contributed by atoms with Gasteiger partial charge >= 0.3 is 0 Å². The molecule has 0 aliphatic heterocycles. The quantitative estimate of drug-likeness (QED) is 0.148. The summed E-state index contributed by atoms with van der Waals surface area (Å²) < 4.78 is 2.41. The fourth-order valence-corrected chi connectivity index (χ4v) is 9.77. The zero-order valence-corrected chi connectivity index (χ0v) is 35.1. The first-order valence-corrected chi connectivity index (χ1v) is 22.0. The first kappa shape index (κ1) is 37.3. The summed E-state index contributed by atoms with van der Waals surface area (Å²) in [7, 11) is 0. The molecule has 0 N–H and O–H groups in total. The smallest absolute Gasteiger partial charge is 0.0547 e. The fourth-order valence-electron chi connectivity index (χ4n) is 9.77. The second-order valence-corrected chi connectivity index (χ2v) is 16.5. The summed E-state index contributed by atoms with van der Waals surface area (Å²) in [5, 5.41) is 7.47. The predicted molar refractivity (Wildman–Crippen MR) is 272 cm³/mol. The van der Waals surface area contributed by atoms with E-state index in [1.54, 1.807) is 0 Å². The van der Waals surface area contributed by atoms with Crippen molar-refractivity contribution in [3.63, 3.8) is 0 Å². The minimum absolute atomic E-state index is 1.09. The van der Waals surface area contributed by atoms with E-state index in [-0.39, 0.29) is 0 Å². The van der Waals surface area contributed by atoms with E-state index in [2.05, 4.69) is 264 Å². The molecule has 0 saturated heterocycles. The molecule has 1 heterocycles. The van der Waals surface area contributed by atoms with Crippen LogP contribution in [0.4, 0.5) is 17.1 Å². The molecule has 0 fully saturated rings. The van der Waals surface area contributed by atoms with Gasteiger partial charge in [-0.1, -0.05) is 194 Å². The molecule has 0 amide bonds. The molecule has 0 spiro atoms. The maximum atomic E-state index is 2.41. The molecule has 64 heavy (non-hydrogen) atoms. The van der Waals surface area contributed by atoms with Crippen LogP contribution in [0.15, 0.2) is 255 Å². The van der Waals surface area contributed by atoms with E-state index in [0.717, 1.165) is 28.3 Å². The van der Waals surface area contributed by atoms with Gasteiger partial charge in [0.2, 0.25) is 0 Å². The van der Waals surface area contributed by atoms with Crippen LogP contribution in [0, 0.1) is 0 Å². The van der Waals surface area contributed by atoms with Crippen molar-refractivity contribution in [3.05, 3.63) is 255 Å². The molecule has 2 nitrogen and oxygen atoms in total. The average molecular weight is 815 g/mol. The van der Waals surface area contributed by atoms with Gasteiger partial charge in [-0.15, -0.1) is 0 Å². The molecule has 2 heteroatoms. The molecule has 1 aromatic heterocycles. The van der Waals surface area contributed by atoms with Gasteiger partial charge in [0.25, 0.3) is 0 Å². The van der Waals surface area contributed by atoms with Crippen molar-refractivity contribution in [2.24, 2.45) is 0 Å². The lowest BCUT2D eigenvalue weighted by Crippen LogP contribution is -2.10. The van der Waals surface area contributed by atoms with E-state index in [9.17, 15) is 0 Å². The molecule has 12 rings (SSSR count). The van der Waals surface area contributed by atoms with E-state index in [0.29, 0.717) is 0 Å². The van der Waals surface area contributed by atoms with Gasteiger partial charge in [-0.3, -0.25) is 0 Å². The zero-order chi connectivity index (χ0) is 42.4. The summed E-state index contributed by atoms with van der Waals surface area (Å²) in [6.45, 7) is 0. The van der Waals surface area contributed by atoms with Crippen LogP contribution in [0.5, 0.6) is 0 Å². The SMILES string of the molecule is c1ccc(-c2ccc(-n3c4ccccc4c4c(-c5cccc(N(c6ccc(-c7cccc8ccccc78)cc6)c6ccc(-c7cccc8ccccc78)cc6)c5)cccc43)cc2)cc1. The summed E-state index contributed by atoms with van der Waals surface area (Å²) in [6, 6.07) is 92.6. The lowest BCUT2D eigenvalue weighted by atomic mass is 9.97. The average Bonchev–Trinajstić information content (AvgIpc) is 3.72. The monoisotopic (exact) mass is 814 g/mol. The topological polar surface area (TPSA) is 8.17 Å². The van der Waals surface area contributed by atoms with Crippen LogP contribution < -0.4 is 4.90 Å². The Balaban J connectivity index is 0.983. The summed E-state index contributed by atoms with van der Waals surface area (Å²) in [4.78, 5) is 2.39. The Morgan fingerprint density at radius 1 is 0.266 bits per heavy atom. The van der Waals surface area contributed by atoms with Crippen LogP contribution in [-0.4, -0.2) is 4.57 Å². The number of para-hydroxylation sites is 1. The van der Waals surface area contributed by atoms with Gasteiger partial charge in [0.1, 0.15) is 0 Å². The molecule has 0 unspecified atom stereocenters. The Kier molecular flexibility index (Phi) is 9.20. The molecular formula is C62H42N2. The van der Waals surface area contributed by atoms with Gasteiger partial charge in [-0.05, 0) is 127 Å². The van der Waals surface area contributed by atoms with Crippen molar-refractivity contribution in [2.75, 3.05) is 4.90 Å². The lowest BCUT2D eigenvalue weighted by Gasteiger charge is -2.26. The van der Waals surface area contributed by atoms with Gasteiger partial charge in [0.15, 0.2) is 0 Å². The lowest BCUT2D eigenvalue weighted by molar-refractivity contribution is 1.18. The normalized spacial score (nSPS) is 11.4. The molecule has 0 atom stereocenters.